The molecule has 0 atom stereocenters. The molecule has 98 valence electrons. The van der Waals surface area contributed by atoms with Crippen molar-refractivity contribution in [3.05, 3.63) is 58.1 Å². The minimum absolute atomic E-state index is 0.316. The second-order valence-electron chi connectivity index (χ2n) is 4.54. The number of imidazole rings is 1. The number of rotatable bonds is 1. The van der Waals surface area contributed by atoms with Crippen LogP contribution >= 0.6 is 12.2 Å². The standard InChI is InChI=1S/C15H10FN3S/c1-9-2-3-10(8-17)6-14(9)19-13-5-4-11(16)7-12(13)18-15(19)20/h2-7H,1H3,(H,18,20). The lowest BCUT2D eigenvalue weighted by Gasteiger charge is -2.08. The quantitative estimate of drug-likeness (QED) is 0.686. The molecular weight excluding hydrogens is 273 g/mol. The Morgan fingerprint density at radius 3 is 2.80 bits per heavy atom. The zero-order valence-electron chi connectivity index (χ0n) is 10.6. The lowest BCUT2D eigenvalue weighted by molar-refractivity contribution is 0.629. The molecule has 1 aromatic heterocycles. The van der Waals surface area contributed by atoms with Crippen LogP contribution in [0.15, 0.2) is 36.4 Å². The average molecular weight is 283 g/mol. The number of aromatic nitrogens is 2. The molecule has 0 bridgehead atoms. The van der Waals surface area contributed by atoms with Crippen molar-refractivity contribution in [2.75, 3.05) is 0 Å². The van der Waals surface area contributed by atoms with Gasteiger partial charge >= 0.3 is 0 Å². The first-order valence-electron chi connectivity index (χ1n) is 6.01. The summed E-state index contributed by atoms with van der Waals surface area (Å²) in [5.74, 6) is -0.316. The van der Waals surface area contributed by atoms with Gasteiger partial charge in [0.2, 0.25) is 0 Å². The monoisotopic (exact) mass is 283 g/mol. The van der Waals surface area contributed by atoms with Crippen molar-refractivity contribution in [2.45, 2.75) is 6.92 Å². The Balaban J connectivity index is 2.38. The van der Waals surface area contributed by atoms with E-state index in [1.54, 1.807) is 18.2 Å². The highest BCUT2D eigenvalue weighted by molar-refractivity contribution is 7.71. The van der Waals surface area contributed by atoms with Gasteiger partial charge in [0.15, 0.2) is 4.77 Å². The van der Waals surface area contributed by atoms with Gasteiger partial charge in [-0.15, -0.1) is 0 Å². The second kappa shape index (κ2) is 4.58. The summed E-state index contributed by atoms with van der Waals surface area (Å²) in [6.07, 6.45) is 0. The largest absolute Gasteiger partial charge is 0.330 e. The van der Waals surface area contributed by atoms with Crippen LogP contribution in [0.4, 0.5) is 4.39 Å². The summed E-state index contributed by atoms with van der Waals surface area (Å²) in [5, 5.41) is 9.03. The van der Waals surface area contributed by atoms with Gasteiger partial charge in [0.25, 0.3) is 0 Å². The molecule has 2 aromatic carbocycles. The van der Waals surface area contributed by atoms with Crippen molar-refractivity contribution in [1.82, 2.24) is 9.55 Å². The van der Waals surface area contributed by atoms with Crippen molar-refractivity contribution in [3.8, 4) is 11.8 Å². The molecule has 3 aromatic rings. The van der Waals surface area contributed by atoms with Gasteiger partial charge in [-0.1, -0.05) is 6.07 Å². The fourth-order valence-corrected chi connectivity index (χ4v) is 2.55. The Bertz CT molecular complexity index is 915. The van der Waals surface area contributed by atoms with E-state index in [1.165, 1.54) is 12.1 Å². The maximum atomic E-state index is 13.3. The third-order valence-corrected chi connectivity index (χ3v) is 3.51. The molecule has 3 rings (SSSR count). The zero-order valence-corrected chi connectivity index (χ0v) is 11.5. The molecule has 0 saturated carbocycles. The molecule has 20 heavy (non-hydrogen) atoms. The van der Waals surface area contributed by atoms with Crippen molar-refractivity contribution in [2.24, 2.45) is 0 Å². The number of benzene rings is 2. The number of fused-ring (bicyclic) bond motifs is 1. The highest BCUT2D eigenvalue weighted by Crippen LogP contribution is 2.23. The van der Waals surface area contributed by atoms with Crippen LogP contribution in [0.25, 0.3) is 16.7 Å². The first-order valence-corrected chi connectivity index (χ1v) is 6.42. The summed E-state index contributed by atoms with van der Waals surface area (Å²) in [5.41, 5.74) is 3.80. The maximum absolute atomic E-state index is 13.3. The first-order chi connectivity index (χ1) is 9.60. The minimum Gasteiger partial charge on any atom is -0.330 e. The molecule has 3 nitrogen and oxygen atoms in total. The SMILES string of the molecule is Cc1ccc(C#N)cc1-n1c(=S)[nH]c2cc(F)ccc21. The second-order valence-corrected chi connectivity index (χ2v) is 4.93. The van der Waals surface area contributed by atoms with Crippen molar-refractivity contribution < 1.29 is 4.39 Å². The van der Waals surface area contributed by atoms with Gasteiger partial charge in [-0.05, 0) is 55.0 Å². The number of aryl methyl sites for hydroxylation is 1. The number of hydrogen-bond acceptors (Lipinski definition) is 2. The van der Waals surface area contributed by atoms with E-state index < -0.39 is 0 Å². The Labute approximate surface area is 119 Å². The van der Waals surface area contributed by atoms with Crippen LogP contribution in [0.3, 0.4) is 0 Å². The lowest BCUT2D eigenvalue weighted by atomic mass is 10.1. The Morgan fingerprint density at radius 2 is 2.05 bits per heavy atom. The lowest BCUT2D eigenvalue weighted by Crippen LogP contribution is -1.98. The van der Waals surface area contributed by atoms with Crippen molar-refractivity contribution in [3.63, 3.8) is 0 Å². The number of halogens is 1. The third-order valence-electron chi connectivity index (χ3n) is 3.22. The number of hydrogen-bond donors (Lipinski definition) is 1. The Kier molecular flexibility index (Phi) is 2.88. The van der Waals surface area contributed by atoms with Gasteiger partial charge in [-0.3, -0.25) is 4.57 Å². The van der Waals surface area contributed by atoms with Gasteiger partial charge in [0, 0.05) is 0 Å². The summed E-state index contributed by atoms with van der Waals surface area (Å²) in [6, 6.07) is 12.0. The highest BCUT2D eigenvalue weighted by Gasteiger charge is 2.10. The number of nitriles is 1. The summed E-state index contributed by atoms with van der Waals surface area (Å²) in [4.78, 5) is 2.99. The first kappa shape index (κ1) is 12.6. The molecule has 1 N–H and O–H groups in total. The van der Waals surface area contributed by atoms with Crippen LogP contribution in [0.1, 0.15) is 11.1 Å². The van der Waals surface area contributed by atoms with Crippen LogP contribution in [-0.4, -0.2) is 9.55 Å². The van der Waals surface area contributed by atoms with Crippen molar-refractivity contribution in [1.29, 1.82) is 5.26 Å². The molecule has 0 radical (unpaired) electrons. The fraction of sp³-hybridized carbons (Fsp3) is 0.0667. The Hall–Kier alpha value is -2.45. The fourth-order valence-electron chi connectivity index (χ4n) is 2.24. The average Bonchev–Trinajstić information content (AvgIpc) is 2.74. The van der Waals surface area contributed by atoms with Gasteiger partial charge in [-0.2, -0.15) is 5.26 Å². The molecule has 0 saturated heterocycles. The molecule has 0 unspecified atom stereocenters. The molecule has 1 heterocycles. The van der Waals surface area contributed by atoms with Crippen LogP contribution < -0.4 is 0 Å². The van der Waals surface area contributed by atoms with E-state index in [0.29, 0.717) is 15.9 Å². The smallest absolute Gasteiger partial charge is 0.182 e. The predicted octanol–water partition coefficient (Wildman–Crippen LogP) is 4.01. The van der Waals surface area contributed by atoms with E-state index in [-0.39, 0.29) is 5.82 Å². The van der Waals surface area contributed by atoms with Gasteiger partial charge in [-0.25, -0.2) is 4.39 Å². The number of nitrogens with zero attached hydrogens (tertiary/aromatic N) is 2. The summed E-state index contributed by atoms with van der Waals surface area (Å²) in [7, 11) is 0. The maximum Gasteiger partial charge on any atom is 0.182 e. The van der Waals surface area contributed by atoms with Crippen LogP contribution in [0, 0.1) is 28.8 Å². The molecule has 0 amide bonds. The summed E-state index contributed by atoms with van der Waals surface area (Å²) >= 11 is 5.32. The number of H-pyrrole nitrogens is 1. The topological polar surface area (TPSA) is 44.5 Å². The van der Waals surface area contributed by atoms with Gasteiger partial charge < -0.3 is 4.98 Å². The summed E-state index contributed by atoms with van der Waals surface area (Å²) < 4.78 is 15.6. The molecule has 5 heteroatoms. The van der Waals surface area contributed by atoms with Crippen LogP contribution in [0.2, 0.25) is 0 Å². The molecule has 0 aliphatic heterocycles. The molecule has 0 fully saturated rings. The normalized spacial score (nSPS) is 10.7. The molecule has 0 spiro atoms. The van der Waals surface area contributed by atoms with Gasteiger partial charge in [0.05, 0.1) is 28.4 Å². The molecule has 0 aliphatic rings. The van der Waals surface area contributed by atoms with Gasteiger partial charge in [0.1, 0.15) is 5.82 Å². The van der Waals surface area contributed by atoms with E-state index in [9.17, 15) is 4.39 Å². The minimum atomic E-state index is -0.316. The van der Waals surface area contributed by atoms with E-state index in [1.807, 2.05) is 17.6 Å². The molecular formula is C15H10FN3S. The number of nitrogens with one attached hydrogen (secondary N) is 1. The molecule has 0 aliphatic carbocycles. The Morgan fingerprint density at radius 1 is 1.25 bits per heavy atom. The summed E-state index contributed by atoms with van der Waals surface area (Å²) in [6.45, 7) is 1.95. The van der Waals surface area contributed by atoms with E-state index in [4.69, 9.17) is 17.5 Å². The third kappa shape index (κ3) is 1.91. The van der Waals surface area contributed by atoms with Crippen LogP contribution in [0.5, 0.6) is 0 Å². The van der Waals surface area contributed by atoms with Crippen molar-refractivity contribution >= 4 is 23.3 Å². The van der Waals surface area contributed by atoms with E-state index >= 15 is 0 Å². The predicted molar refractivity (Wildman–Crippen MR) is 77.9 cm³/mol. The van der Waals surface area contributed by atoms with E-state index in [2.05, 4.69) is 11.1 Å². The zero-order chi connectivity index (χ0) is 14.3. The van der Waals surface area contributed by atoms with E-state index in [0.717, 1.165) is 16.8 Å². The van der Waals surface area contributed by atoms with Crippen LogP contribution in [-0.2, 0) is 0 Å². The number of aromatic amines is 1. The highest BCUT2D eigenvalue weighted by atomic mass is 32.1.